The summed E-state index contributed by atoms with van der Waals surface area (Å²) in [4.78, 5) is 16.0. The molecule has 0 aromatic carbocycles. The van der Waals surface area contributed by atoms with Gasteiger partial charge in [0.1, 0.15) is 16.3 Å². The molecule has 0 radical (unpaired) electrons. The van der Waals surface area contributed by atoms with Crippen molar-refractivity contribution in [1.29, 1.82) is 0 Å². The average molecular weight is 301 g/mol. The first-order valence-corrected chi connectivity index (χ1v) is 8.05. The molecule has 3 aromatic heterocycles. The summed E-state index contributed by atoms with van der Waals surface area (Å²) in [5.41, 5.74) is 0.933. The minimum Gasteiger partial charge on any atom is -0.369 e. The molecule has 0 saturated heterocycles. The maximum Gasteiger partial charge on any atom is 0.181 e. The summed E-state index contributed by atoms with van der Waals surface area (Å²) in [6.07, 6.45) is 5.67. The van der Waals surface area contributed by atoms with E-state index in [1.807, 2.05) is 11.6 Å². The summed E-state index contributed by atoms with van der Waals surface area (Å²) in [7, 11) is 1.96. The van der Waals surface area contributed by atoms with Gasteiger partial charge < -0.3 is 9.88 Å². The molecule has 110 valence electrons. The number of nitrogens with zero attached hydrogens (tertiary/aromatic N) is 4. The van der Waals surface area contributed by atoms with Crippen LogP contribution < -0.4 is 5.32 Å². The molecular weight excluding hydrogens is 282 g/mol. The molecular formula is C15H19N5S. The van der Waals surface area contributed by atoms with Crippen molar-refractivity contribution in [2.45, 2.75) is 26.7 Å². The van der Waals surface area contributed by atoms with Crippen molar-refractivity contribution < 1.29 is 0 Å². The normalized spacial score (nSPS) is 11.2. The van der Waals surface area contributed by atoms with E-state index in [0.29, 0.717) is 0 Å². The molecule has 3 rings (SSSR count). The van der Waals surface area contributed by atoms with Crippen molar-refractivity contribution >= 4 is 27.4 Å². The van der Waals surface area contributed by atoms with Crippen molar-refractivity contribution in [2.75, 3.05) is 11.9 Å². The van der Waals surface area contributed by atoms with Gasteiger partial charge in [0, 0.05) is 18.5 Å². The monoisotopic (exact) mass is 301 g/mol. The molecule has 5 nitrogen and oxygen atoms in total. The van der Waals surface area contributed by atoms with Crippen molar-refractivity contribution in [3.05, 3.63) is 23.5 Å². The molecule has 0 bridgehead atoms. The van der Waals surface area contributed by atoms with Crippen LogP contribution in [0.1, 0.15) is 25.1 Å². The molecule has 0 unspecified atom stereocenters. The molecule has 6 heteroatoms. The zero-order valence-corrected chi connectivity index (χ0v) is 13.4. The lowest BCUT2D eigenvalue weighted by atomic mass is 10.3. The van der Waals surface area contributed by atoms with Crippen LogP contribution in [0.4, 0.5) is 5.82 Å². The van der Waals surface area contributed by atoms with Gasteiger partial charge in [0.05, 0.1) is 17.9 Å². The highest BCUT2D eigenvalue weighted by Gasteiger charge is 2.14. The average Bonchev–Trinajstić information content (AvgIpc) is 3.09. The zero-order valence-electron chi connectivity index (χ0n) is 12.6. The smallest absolute Gasteiger partial charge is 0.181 e. The van der Waals surface area contributed by atoms with E-state index < -0.39 is 0 Å². The topological polar surface area (TPSA) is 55.6 Å². The van der Waals surface area contributed by atoms with Crippen molar-refractivity contribution in [3.8, 4) is 11.5 Å². The summed E-state index contributed by atoms with van der Waals surface area (Å²) < 4.78 is 1.94. The fourth-order valence-electron chi connectivity index (χ4n) is 2.21. The van der Waals surface area contributed by atoms with E-state index in [2.05, 4.69) is 30.2 Å². The fraction of sp³-hybridized carbons (Fsp3) is 0.400. The molecule has 0 aliphatic carbocycles. The van der Waals surface area contributed by atoms with Gasteiger partial charge in [-0.15, -0.1) is 11.3 Å². The minimum atomic E-state index is 0.727. The highest BCUT2D eigenvalue weighted by Crippen LogP contribution is 2.31. The van der Waals surface area contributed by atoms with Gasteiger partial charge in [-0.05, 0) is 18.9 Å². The summed E-state index contributed by atoms with van der Waals surface area (Å²) in [5, 5.41) is 4.54. The van der Waals surface area contributed by atoms with Gasteiger partial charge in [-0.3, -0.25) is 0 Å². The van der Waals surface area contributed by atoms with Crippen LogP contribution in [0.25, 0.3) is 21.7 Å². The van der Waals surface area contributed by atoms with Gasteiger partial charge >= 0.3 is 0 Å². The van der Waals surface area contributed by atoms with E-state index in [9.17, 15) is 0 Å². The molecule has 0 fully saturated rings. The van der Waals surface area contributed by atoms with Gasteiger partial charge in [0.15, 0.2) is 5.82 Å². The van der Waals surface area contributed by atoms with Crippen molar-refractivity contribution in [1.82, 2.24) is 19.5 Å². The molecule has 0 aliphatic heterocycles. The molecule has 3 aromatic rings. The second-order valence-electron chi connectivity index (χ2n) is 5.00. The van der Waals surface area contributed by atoms with Crippen molar-refractivity contribution in [2.24, 2.45) is 7.05 Å². The van der Waals surface area contributed by atoms with E-state index in [-0.39, 0.29) is 0 Å². The number of aromatic nitrogens is 4. The lowest BCUT2D eigenvalue weighted by Crippen LogP contribution is -2.04. The Morgan fingerprint density at radius 3 is 2.81 bits per heavy atom. The molecule has 0 atom stereocenters. The number of nitrogens with one attached hydrogen (secondary N) is 1. The number of rotatable bonds is 5. The zero-order chi connectivity index (χ0) is 14.8. The third-order valence-corrected chi connectivity index (χ3v) is 4.55. The van der Waals surface area contributed by atoms with Gasteiger partial charge in [-0.25, -0.2) is 15.0 Å². The first-order chi connectivity index (χ1) is 10.2. The molecule has 0 amide bonds. The highest BCUT2D eigenvalue weighted by molar-refractivity contribution is 7.18. The van der Waals surface area contributed by atoms with Crippen LogP contribution in [-0.4, -0.2) is 26.1 Å². The molecule has 0 spiro atoms. The van der Waals surface area contributed by atoms with Gasteiger partial charge in [-0.2, -0.15) is 0 Å². The summed E-state index contributed by atoms with van der Waals surface area (Å²) in [6.45, 7) is 5.23. The number of hydrogen-bond acceptors (Lipinski definition) is 5. The first-order valence-electron chi connectivity index (χ1n) is 7.24. The SMILES string of the molecule is CCCNc1nc(-c2cncn2C)nc2sc(CC)cc12. The number of imidazole rings is 1. The molecule has 1 N–H and O–H groups in total. The number of anilines is 1. The molecule has 21 heavy (non-hydrogen) atoms. The van der Waals surface area contributed by atoms with Crippen LogP contribution in [-0.2, 0) is 13.5 Å². The quantitative estimate of drug-likeness (QED) is 0.784. The summed E-state index contributed by atoms with van der Waals surface area (Å²) in [6, 6.07) is 2.20. The Morgan fingerprint density at radius 1 is 1.29 bits per heavy atom. The Hall–Kier alpha value is -1.95. The Kier molecular flexibility index (Phi) is 3.88. The molecule has 0 saturated carbocycles. The lowest BCUT2D eigenvalue weighted by molar-refractivity contribution is 0.909. The second-order valence-corrected chi connectivity index (χ2v) is 6.11. The Morgan fingerprint density at radius 2 is 2.14 bits per heavy atom. The van der Waals surface area contributed by atoms with E-state index in [4.69, 9.17) is 9.97 Å². The third kappa shape index (κ3) is 2.63. The third-order valence-electron chi connectivity index (χ3n) is 3.38. The predicted octanol–water partition coefficient (Wildman–Crippen LogP) is 3.48. The Labute approximate surface area is 128 Å². The van der Waals surface area contributed by atoms with Crippen LogP contribution >= 0.6 is 11.3 Å². The highest BCUT2D eigenvalue weighted by atomic mass is 32.1. The second kappa shape index (κ2) is 5.81. The maximum absolute atomic E-state index is 4.72. The summed E-state index contributed by atoms with van der Waals surface area (Å²) in [5.74, 6) is 1.65. The van der Waals surface area contributed by atoms with E-state index >= 15 is 0 Å². The van der Waals surface area contributed by atoms with Crippen LogP contribution in [0.3, 0.4) is 0 Å². The summed E-state index contributed by atoms with van der Waals surface area (Å²) >= 11 is 1.74. The van der Waals surface area contributed by atoms with Gasteiger partial charge in [0.25, 0.3) is 0 Å². The first kappa shape index (κ1) is 14.0. The van der Waals surface area contributed by atoms with E-state index in [1.165, 1.54) is 4.88 Å². The van der Waals surface area contributed by atoms with Crippen LogP contribution in [0.15, 0.2) is 18.6 Å². The van der Waals surface area contributed by atoms with Gasteiger partial charge in [-0.1, -0.05) is 13.8 Å². The predicted molar refractivity (Wildman–Crippen MR) is 87.8 cm³/mol. The Balaban J connectivity index is 2.16. The van der Waals surface area contributed by atoms with Gasteiger partial charge in [0.2, 0.25) is 0 Å². The lowest BCUT2D eigenvalue weighted by Gasteiger charge is -2.08. The number of aryl methyl sites for hydroxylation is 2. The van der Waals surface area contributed by atoms with Crippen LogP contribution in [0.5, 0.6) is 0 Å². The van der Waals surface area contributed by atoms with E-state index in [0.717, 1.165) is 46.9 Å². The van der Waals surface area contributed by atoms with E-state index in [1.54, 1.807) is 23.9 Å². The fourth-order valence-corrected chi connectivity index (χ4v) is 3.18. The van der Waals surface area contributed by atoms with Crippen LogP contribution in [0.2, 0.25) is 0 Å². The largest absolute Gasteiger partial charge is 0.369 e. The Bertz CT molecular complexity index is 759. The van der Waals surface area contributed by atoms with Crippen molar-refractivity contribution in [3.63, 3.8) is 0 Å². The molecule has 3 heterocycles. The maximum atomic E-state index is 4.72. The minimum absolute atomic E-state index is 0.727. The van der Waals surface area contributed by atoms with Crippen LogP contribution in [0, 0.1) is 0 Å². The number of fused-ring (bicyclic) bond motifs is 1. The number of thiophene rings is 1. The molecule has 0 aliphatic rings. The number of hydrogen-bond donors (Lipinski definition) is 1. The standard InChI is InChI=1S/C15H19N5S/c1-4-6-17-13-11-7-10(5-2)21-15(11)19-14(18-13)12-8-16-9-20(12)3/h7-9H,4-6H2,1-3H3,(H,17,18,19).